The maximum atomic E-state index is 11.9. The third kappa shape index (κ3) is 3.67. The first-order chi connectivity index (χ1) is 9.33. The number of hydrogen-bond donors (Lipinski definition) is 2. The van der Waals surface area contributed by atoms with E-state index in [4.69, 9.17) is 11.6 Å². The molecule has 1 aromatic rings. The van der Waals surface area contributed by atoms with Crippen LogP contribution in [0.5, 0.6) is 0 Å². The molecule has 1 atom stereocenters. The van der Waals surface area contributed by atoms with Gasteiger partial charge in [-0.2, -0.15) is 5.10 Å². The number of halogens is 1. The number of rotatable bonds is 7. The van der Waals surface area contributed by atoms with Crippen LogP contribution in [0, 0.1) is 0 Å². The lowest BCUT2D eigenvalue weighted by Gasteiger charge is -2.13. The van der Waals surface area contributed by atoms with E-state index in [0.29, 0.717) is 0 Å². The third-order valence-corrected chi connectivity index (χ3v) is 4.91. The molecule has 0 bridgehead atoms. The molecule has 0 aromatic carbocycles. The Labute approximate surface area is 121 Å². The van der Waals surface area contributed by atoms with Crippen molar-refractivity contribution >= 4 is 38.8 Å². The lowest BCUT2D eigenvalue weighted by atomic mass is 10.2. The summed E-state index contributed by atoms with van der Waals surface area (Å²) in [5, 5.41) is 6.79. The van der Waals surface area contributed by atoms with Crippen molar-refractivity contribution in [1.82, 2.24) is 10.2 Å². The van der Waals surface area contributed by atoms with Crippen LogP contribution in [0.25, 0.3) is 0 Å². The Balaban J connectivity index is 2.89. The monoisotopic (exact) mass is 319 g/mol. The molecular weight excluding hydrogens is 306 g/mol. The van der Waals surface area contributed by atoms with Crippen molar-refractivity contribution in [3.8, 4) is 0 Å². The number of aromatic nitrogens is 2. The molecule has 0 aliphatic carbocycles. The van der Waals surface area contributed by atoms with Gasteiger partial charge >= 0.3 is 0 Å². The average molecular weight is 320 g/mol. The van der Waals surface area contributed by atoms with Crippen molar-refractivity contribution in [3.05, 3.63) is 24.0 Å². The smallest absolute Gasteiger partial charge is 0.293 e. The van der Waals surface area contributed by atoms with E-state index in [1.807, 2.05) is 0 Å². The summed E-state index contributed by atoms with van der Waals surface area (Å²) in [6, 6.07) is 0. The molecule has 1 rings (SSSR count). The highest BCUT2D eigenvalue weighted by molar-refractivity contribution is 7.93. The number of amides is 1. The maximum Gasteiger partial charge on any atom is 0.293 e. The number of nitrogens with zero attached hydrogens (tertiary/aromatic N) is 1. The predicted molar refractivity (Wildman–Crippen MR) is 75.3 cm³/mol. The summed E-state index contributed by atoms with van der Waals surface area (Å²) in [4.78, 5) is 23.7. The Morgan fingerprint density at radius 2 is 2.25 bits per heavy atom. The highest BCUT2D eigenvalue weighted by atomic mass is 35.5. The Morgan fingerprint density at radius 3 is 2.70 bits per heavy atom. The van der Waals surface area contributed by atoms with Crippen molar-refractivity contribution in [2.24, 2.45) is 0 Å². The molecule has 1 aromatic heterocycles. The van der Waals surface area contributed by atoms with Gasteiger partial charge in [-0.25, -0.2) is 8.42 Å². The van der Waals surface area contributed by atoms with Gasteiger partial charge in [0.05, 0.1) is 17.6 Å². The minimum atomic E-state index is -3.74. The fourth-order valence-electron chi connectivity index (χ4n) is 1.57. The summed E-state index contributed by atoms with van der Waals surface area (Å²) in [6.07, 6.45) is 2.39. The van der Waals surface area contributed by atoms with E-state index in [2.05, 4.69) is 22.1 Å². The second-order valence-corrected chi connectivity index (χ2v) is 6.54. The maximum absolute atomic E-state index is 11.9. The number of Topliss-reactive ketones (excluding diaryl/α,β-unsaturated/α-hetero) is 1. The first-order valence-corrected chi connectivity index (χ1v) is 7.79. The van der Waals surface area contributed by atoms with Gasteiger partial charge in [0.2, 0.25) is 5.78 Å². The standard InChI is InChI=1S/C11H14ClN3O4S/c1-3-5-20(18,19)8(4-2)9(16)11(17)14-7-6-13-15-10(7)12/h3,6,8H,1,4-5H2,2H3,(H,13,15)(H,14,17). The summed E-state index contributed by atoms with van der Waals surface area (Å²) in [5.74, 6) is -2.45. The summed E-state index contributed by atoms with van der Waals surface area (Å²) < 4.78 is 23.7. The van der Waals surface area contributed by atoms with Gasteiger partial charge in [0, 0.05) is 0 Å². The highest BCUT2D eigenvalue weighted by Crippen LogP contribution is 2.18. The number of sulfone groups is 1. The van der Waals surface area contributed by atoms with Crippen LogP contribution in [0.1, 0.15) is 13.3 Å². The minimum Gasteiger partial charge on any atom is -0.315 e. The molecule has 0 aliphatic rings. The minimum absolute atomic E-state index is 0.00153. The fourth-order valence-corrected chi connectivity index (χ4v) is 3.22. The Bertz CT molecular complexity index is 623. The molecule has 0 radical (unpaired) electrons. The first kappa shape index (κ1) is 16.4. The molecule has 1 amide bonds. The zero-order valence-corrected chi connectivity index (χ0v) is 12.3. The summed E-state index contributed by atoms with van der Waals surface area (Å²) >= 11 is 5.67. The molecule has 110 valence electrons. The quantitative estimate of drug-likeness (QED) is 0.574. The van der Waals surface area contributed by atoms with Gasteiger partial charge in [-0.15, -0.1) is 6.58 Å². The number of anilines is 1. The number of hydrogen-bond acceptors (Lipinski definition) is 5. The summed E-state index contributed by atoms with van der Waals surface area (Å²) in [5.41, 5.74) is 0.112. The molecule has 1 unspecified atom stereocenters. The van der Waals surface area contributed by atoms with Crippen LogP contribution in [0.15, 0.2) is 18.9 Å². The Kier molecular flexibility index (Phi) is 5.46. The van der Waals surface area contributed by atoms with Crippen LogP contribution in [0.4, 0.5) is 5.69 Å². The number of ketones is 1. The van der Waals surface area contributed by atoms with Crippen molar-refractivity contribution < 1.29 is 18.0 Å². The van der Waals surface area contributed by atoms with Gasteiger partial charge in [-0.05, 0) is 6.42 Å². The topological polar surface area (TPSA) is 109 Å². The molecule has 0 fully saturated rings. The lowest BCUT2D eigenvalue weighted by molar-refractivity contribution is -0.134. The molecule has 0 saturated carbocycles. The first-order valence-electron chi connectivity index (χ1n) is 5.70. The zero-order valence-electron chi connectivity index (χ0n) is 10.7. The Morgan fingerprint density at radius 1 is 1.60 bits per heavy atom. The summed E-state index contributed by atoms with van der Waals surface area (Å²) in [7, 11) is -3.74. The van der Waals surface area contributed by atoms with Gasteiger partial charge in [0.15, 0.2) is 9.84 Å². The largest absolute Gasteiger partial charge is 0.315 e. The van der Waals surface area contributed by atoms with E-state index in [0.717, 1.165) is 0 Å². The second kappa shape index (κ2) is 6.67. The van der Waals surface area contributed by atoms with Crippen LogP contribution in [-0.2, 0) is 19.4 Å². The van der Waals surface area contributed by atoms with Gasteiger partial charge in [-0.1, -0.05) is 24.6 Å². The number of carbonyl (C=O) groups excluding carboxylic acids is 2. The van der Waals surface area contributed by atoms with Crippen LogP contribution < -0.4 is 5.32 Å². The molecule has 0 aliphatic heterocycles. The van der Waals surface area contributed by atoms with Gasteiger partial charge in [0.25, 0.3) is 5.91 Å². The number of carbonyl (C=O) groups is 2. The SMILES string of the molecule is C=CCS(=O)(=O)C(CC)C(=O)C(=O)Nc1cn[nH]c1Cl. The van der Waals surface area contributed by atoms with Crippen molar-refractivity contribution in [2.75, 3.05) is 11.1 Å². The van der Waals surface area contributed by atoms with Crippen LogP contribution in [0.3, 0.4) is 0 Å². The number of H-pyrrole nitrogens is 1. The fraction of sp³-hybridized carbons (Fsp3) is 0.364. The van der Waals surface area contributed by atoms with E-state index in [-0.39, 0.29) is 23.0 Å². The molecule has 0 spiro atoms. The van der Waals surface area contributed by atoms with Crippen molar-refractivity contribution in [1.29, 1.82) is 0 Å². The second-order valence-electron chi connectivity index (χ2n) is 3.93. The molecule has 9 heteroatoms. The van der Waals surface area contributed by atoms with Gasteiger partial charge in [0.1, 0.15) is 10.4 Å². The normalized spacial score (nSPS) is 12.7. The van der Waals surface area contributed by atoms with E-state index >= 15 is 0 Å². The Hall–Kier alpha value is -1.67. The third-order valence-electron chi connectivity index (χ3n) is 2.51. The predicted octanol–water partition coefficient (Wildman–Crippen LogP) is 0.950. The van der Waals surface area contributed by atoms with Crippen LogP contribution in [0.2, 0.25) is 5.15 Å². The van der Waals surface area contributed by atoms with Crippen LogP contribution in [-0.4, -0.2) is 41.3 Å². The average Bonchev–Trinajstić information content (AvgIpc) is 2.75. The zero-order chi connectivity index (χ0) is 15.3. The summed E-state index contributed by atoms with van der Waals surface area (Å²) in [6.45, 7) is 4.83. The van der Waals surface area contributed by atoms with Crippen molar-refractivity contribution in [3.63, 3.8) is 0 Å². The number of aromatic amines is 1. The molecular formula is C11H14ClN3O4S. The number of nitrogens with one attached hydrogen (secondary N) is 2. The van der Waals surface area contributed by atoms with Crippen LogP contribution >= 0.6 is 11.6 Å². The molecule has 7 nitrogen and oxygen atoms in total. The molecule has 0 saturated heterocycles. The van der Waals surface area contributed by atoms with Crippen molar-refractivity contribution in [2.45, 2.75) is 18.6 Å². The van der Waals surface area contributed by atoms with E-state index in [1.165, 1.54) is 19.2 Å². The van der Waals surface area contributed by atoms with Gasteiger partial charge < -0.3 is 5.32 Å². The van der Waals surface area contributed by atoms with Gasteiger partial charge in [-0.3, -0.25) is 14.7 Å². The van der Waals surface area contributed by atoms with E-state index < -0.39 is 26.8 Å². The van der Waals surface area contributed by atoms with E-state index in [9.17, 15) is 18.0 Å². The highest BCUT2D eigenvalue weighted by Gasteiger charge is 2.34. The van der Waals surface area contributed by atoms with E-state index in [1.54, 1.807) is 0 Å². The molecule has 20 heavy (non-hydrogen) atoms. The molecule has 1 heterocycles. The molecule has 2 N–H and O–H groups in total. The lowest BCUT2D eigenvalue weighted by Crippen LogP contribution is -2.39.